The number of carbonyl (C=O) groups is 1. The Hall–Kier alpha value is -3.41. The minimum atomic E-state index is -0.290. The van der Waals surface area contributed by atoms with Crippen LogP contribution >= 0.6 is 0 Å². The van der Waals surface area contributed by atoms with Crippen LogP contribution in [0.5, 0.6) is 0 Å². The number of halogens is 1. The highest BCUT2D eigenvalue weighted by Gasteiger charge is 2.22. The molecule has 2 heterocycles. The summed E-state index contributed by atoms with van der Waals surface area (Å²) in [4.78, 5) is 21.2. The van der Waals surface area contributed by atoms with Crippen LogP contribution in [-0.2, 0) is 0 Å². The minimum absolute atomic E-state index is 0.0250. The summed E-state index contributed by atoms with van der Waals surface area (Å²) in [6.45, 7) is 2.94. The molecule has 1 saturated heterocycles. The van der Waals surface area contributed by atoms with E-state index in [1.165, 1.54) is 17.8 Å². The average Bonchev–Trinajstić information content (AvgIpc) is 2.76. The van der Waals surface area contributed by atoms with E-state index in [9.17, 15) is 9.18 Å². The lowest BCUT2D eigenvalue weighted by Crippen LogP contribution is -2.48. The molecule has 0 bridgehead atoms. The zero-order valence-electron chi connectivity index (χ0n) is 15.4. The number of amides is 1. The second-order valence-corrected chi connectivity index (χ2v) is 6.71. The Kier molecular flexibility index (Phi) is 5.19. The van der Waals surface area contributed by atoms with Crippen LogP contribution in [0.2, 0.25) is 0 Å². The van der Waals surface area contributed by atoms with Crippen molar-refractivity contribution in [1.82, 2.24) is 9.88 Å². The standard InChI is InChI=1S/C22H21FN4O/c23-18-6-8-19(9-7-18)25-20-14-17(15-24-16-20)22(28)27-12-10-26(11-13-27)21-4-2-1-3-5-21/h1-9,14-16,25H,10-13H2. The molecule has 5 nitrogen and oxygen atoms in total. The van der Waals surface area contributed by atoms with Crippen molar-refractivity contribution in [3.8, 4) is 0 Å². The highest BCUT2D eigenvalue weighted by molar-refractivity contribution is 5.95. The molecule has 28 heavy (non-hydrogen) atoms. The second kappa shape index (κ2) is 8.08. The van der Waals surface area contributed by atoms with Crippen molar-refractivity contribution in [2.75, 3.05) is 36.4 Å². The Bertz CT molecular complexity index is 938. The molecule has 1 aliphatic rings. The quantitative estimate of drug-likeness (QED) is 0.750. The summed E-state index contributed by atoms with van der Waals surface area (Å²) in [7, 11) is 0. The number of nitrogens with zero attached hydrogens (tertiary/aromatic N) is 3. The maximum Gasteiger partial charge on any atom is 0.255 e. The van der Waals surface area contributed by atoms with Crippen molar-refractivity contribution in [1.29, 1.82) is 0 Å². The molecule has 4 rings (SSSR count). The van der Waals surface area contributed by atoms with Gasteiger partial charge in [0, 0.05) is 43.8 Å². The number of rotatable bonds is 4. The summed E-state index contributed by atoms with van der Waals surface area (Å²) in [5.41, 5.74) is 3.16. The van der Waals surface area contributed by atoms with Crippen molar-refractivity contribution in [2.24, 2.45) is 0 Å². The van der Waals surface area contributed by atoms with Crippen LogP contribution in [0.1, 0.15) is 10.4 Å². The molecule has 3 aromatic rings. The van der Waals surface area contributed by atoms with Gasteiger partial charge < -0.3 is 15.1 Å². The van der Waals surface area contributed by atoms with Gasteiger partial charge in [0.05, 0.1) is 17.4 Å². The molecular formula is C22H21FN4O. The first kappa shape index (κ1) is 18.0. The number of benzene rings is 2. The third-order valence-corrected chi connectivity index (χ3v) is 4.81. The van der Waals surface area contributed by atoms with Crippen LogP contribution in [0.3, 0.4) is 0 Å². The maximum atomic E-state index is 13.0. The Balaban J connectivity index is 1.40. The van der Waals surface area contributed by atoms with E-state index in [0.717, 1.165) is 18.8 Å². The molecule has 0 radical (unpaired) electrons. The first-order valence-corrected chi connectivity index (χ1v) is 9.26. The monoisotopic (exact) mass is 376 g/mol. The maximum absolute atomic E-state index is 13.0. The molecular weight excluding hydrogens is 355 g/mol. The van der Waals surface area contributed by atoms with Crippen molar-refractivity contribution in [3.05, 3.63) is 84.4 Å². The van der Waals surface area contributed by atoms with Gasteiger partial charge in [0.25, 0.3) is 5.91 Å². The lowest BCUT2D eigenvalue weighted by Gasteiger charge is -2.36. The molecule has 1 aromatic heterocycles. The van der Waals surface area contributed by atoms with Crippen LogP contribution in [0.15, 0.2) is 73.1 Å². The van der Waals surface area contributed by atoms with Gasteiger partial charge in [0.1, 0.15) is 5.82 Å². The van der Waals surface area contributed by atoms with Gasteiger partial charge >= 0.3 is 0 Å². The molecule has 1 fully saturated rings. The summed E-state index contributed by atoms with van der Waals surface area (Å²) in [5, 5.41) is 3.15. The van der Waals surface area contributed by atoms with Crippen LogP contribution < -0.4 is 10.2 Å². The normalized spacial score (nSPS) is 14.0. The predicted octanol–water partition coefficient (Wildman–Crippen LogP) is 3.93. The predicted molar refractivity (Wildman–Crippen MR) is 108 cm³/mol. The molecule has 0 unspecified atom stereocenters. The molecule has 1 aliphatic heterocycles. The van der Waals surface area contributed by atoms with Gasteiger partial charge in [-0.25, -0.2) is 4.39 Å². The molecule has 1 amide bonds. The Morgan fingerprint density at radius 1 is 0.893 bits per heavy atom. The van der Waals surface area contributed by atoms with E-state index in [0.29, 0.717) is 24.3 Å². The third kappa shape index (κ3) is 4.11. The summed E-state index contributed by atoms with van der Waals surface area (Å²) in [6, 6.07) is 18.1. The second-order valence-electron chi connectivity index (χ2n) is 6.71. The Morgan fingerprint density at radius 2 is 1.61 bits per heavy atom. The minimum Gasteiger partial charge on any atom is -0.368 e. The summed E-state index contributed by atoms with van der Waals surface area (Å²) < 4.78 is 13.0. The highest BCUT2D eigenvalue weighted by Crippen LogP contribution is 2.20. The van der Waals surface area contributed by atoms with E-state index in [1.807, 2.05) is 23.1 Å². The van der Waals surface area contributed by atoms with E-state index >= 15 is 0 Å². The number of piperazine rings is 1. The van der Waals surface area contributed by atoms with Crippen LogP contribution in [-0.4, -0.2) is 42.0 Å². The first-order valence-electron chi connectivity index (χ1n) is 9.26. The number of anilines is 3. The van der Waals surface area contributed by atoms with Gasteiger partial charge in [-0.2, -0.15) is 0 Å². The Labute approximate surface area is 163 Å². The van der Waals surface area contributed by atoms with Crippen LogP contribution in [0.4, 0.5) is 21.5 Å². The van der Waals surface area contributed by atoms with Gasteiger partial charge in [0.15, 0.2) is 0 Å². The van der Waals surface area contributed by atoms with Gasteiger partial charge in [-0.05, 0) is 42.5 Å². The number of nitrogens with one attached hydrogen (secondary N) is 1. The molecule has 6 heteroatoms. The van der Waals surface area contributed by atoms with E-state index in [-0.39, 0.29) is 11.7 Å². The van der Waals surface area contributed by atoms with Gasteiger partial charge in [0.2, 0.25) is 0 Å². The fraction of sp³-hybridized carbons (Fsp3) is 0.182. The molecule has 0 saturated carbocycles. The van der Waals surface area contributed by atoms with Crippen molar-refractivity contribution in [2.45, 2.75) is 0 Å². The number of hydrogen-bond donors (Lipinski definition) is 1. The van der Waals surface area contributed by atoms with Gasteiger partial charge in [-0.15, -0.1) is 0 Å². The fourth-order valence-corrected chi connectivity index (χ4v) is 3.31. The summed E-state index contributed by atoms with van der Waals surface area (Å²) in [5.74, 6) is -0.315. The summed E-state index contributed by atoms with van der Waals surface area (Å²) in [6.07, 6.45) is 3.23. The number of para-hydroxylation sites is 1. The number of carbonyl (C=O) groups excluding carboxylic acids is 1. The van der Waals surface area contributed by atoms with Crippen molar-refractivity contribution >= 4 is 23.0 Å². The van der Waals surface area contributed by atoms with Crippen molar-refractivity contribution in [3.63, 3.8) is 0 Å². The average molecular weight is 376 g/mol. The fourth-order valence-electron chi connectivity index (χ4n) is 3.31. The lowest BCUT2D eigenvalue weighted by atomic mass is 10.2. The van der Waals surface area contributed by atoms with Gasteiger partial charge in [-0.3, -0.25) is 9.78 Å². The Morgan fingerprint density at radius 3 is 2.32 bits per heavy atom. The summed E-state index contributed by atoms with van der Waals surface area (Å²) >= 11 is 0. The number of pyridine rings is 1. The lowest BCUT2D eigenvalue weighted by molar-refractivity contribution is 0.0746. The molecule has 0 aliphatic carbocycles. The van der Waals surface area contributed by atoms with Crippen LogP contribution in [0.25, 0.3) is 0 Å². The third-order valence-electron chi connectivity index (χ3n) is 4.81. The first-order chi connectivity index (χ1) is 13.7. The van der Waals surface area contributed by atoms with E-state index in [2.05, 4.69) is 27.3 Å². The van der Waals surface area contributed by atoms with Crippen LogP contribution in [0, 0.1) is 5.82 Å². The number of hydrogen-bond acceptors (Lipinski definition) is 4. The smallest absolute Gasteiger partial charge is 0.255 e. The topological polar surface area (TPSA) is 48.5 Å². The molecule has 142 valence electrons. The van der Waals surface area contributed by atoms with Crippen molar-refractivity contribution < 1.29 is 9.18 Å². The van der Waals surface area contributed by atoms with E-state index in [4.69, 9.17) is 0 Å². The zero-order valence-corrected chi connectivity index (χ0v) is 15.4. The zero-order chi connectivity index (χ0) is 19.3. The van der Waals surface area contributed by atoms with E-state index in [1.54, 1.807) is 30.6 Å². The largest absolute Gasteiger partial charge is 0.368 e. The highest BCUT2D eigenvalue weighted by atomic mass is 19.1. The molecule has 0 atom stereocenters. The molecule has 0 spiro atoms. The van der Waals surface area contributed by atoms with Gasteiger partial charge in [-0.1, -0.05) is 18.2 Å². The molecule has 2 aromatic carbocycles. The SMILES string of the molecule is O=C(c1cncc(Nc2ccc(F)cc2)c1)N1CCN(c2ccccc2)CC1. The van der Waals surface area contributed by atoms with E-state index < -0.39 is 0 Å². The molecule has 1 N–H and O–H groups in total. The number of aromatic nitrogens is 1.